The minimum atomic E-state index is 0.702. The molecule has 0 atom stereocenters. The molecule has 1 saturated carbocycles. The molecule has 17 heavy (non-hydrogen) atoms. The van der Waals surface area contributed by atoms with Gasteiger partial charge in [-0.15, -0.1) is 0 Å². The molecule has 0 aliphatic heterocycles. The first kappa shape index (κ1) is 10.8. The van der Waals surface area contributed by atoms with Crippen LogP contribution < -0.4 is 4.74 Å². The normalized spacial score (nSPS) is 14.9. The van der Waals surface area contributed by atoms with E-state index in [-0.39, 0.29) is 0 Å². The monoisotopic (exact) mass is 292 g/mol. The van der Waals surface area contributed by atoms with Crippen LogP contribution in [0.5, 0.6) is 5.75 Å². The van der Waals surface area contributed by atoms with Crippen LogP contribution >= 0.6 is 15.9 Å². The maximum atomic E-state index is 5.29. The van der Waals surface area contributed by atoms with Gasteiger partial charge in [0.25, 0.3) is 0 Å². The highest BCUT2D eigenvalue weighted by molar-refractivity contribution is 9.10. The number of aromatic nitrogens is 2. The Morgan fingerprint density at radius 2 is 2.24 bits per heavy atom. The van der Waals surface area contributed by atoms with Crippen LogP contribution in [0.15, 0.2) is 28.9 Å². The third-order valence-corrected chi connectivity index (χ3v) is 3.69. The van der Waals surface area contributed by atoms with Crippen molar-refractivity contribution in [1.82, 2.24) is 9.97 Å². The number of nitrogens with zero attached hydrogens (tertiary/aromatic N) is 1. The van der Waals surface area contributed by atoms with Crippen molar-refractivity contribution in [2.24, 2.45) is 0 Å². The van der Waals surface area contributed by atoms with Crippen LogP contribution in [-0.4, -0.2) is 17.1 Å². The number of benzene rings is 1. The van der Waals surface area contributed by atoms with Crippen LogP contribution in [0.3, 0.4) is 0 Å². The molecule has 0 bridgehead atoms. The number of halogens is 1. The fraction of sp³-hybridized carbons (Fsp3) is 0.308. The van der Waals surface area contributed by atoms with Crippen molar-refractivity contribution in [3.8, 4) is 17.1 Å². The highest BCUT2D eigenvalue weighted by Gasteiger charge is 2.25. The van der Waals surface area contributed by atoms with E-state index in [1.54, 1.807) is 7.11 Å². The molecular weight excluding hydrogens is 280 g/mol. The second-order valence-electron chi connectivity index (χ2n) is 4.31. The first-order valence-electron chi connectivity index (χ1n) is 5.67. The van der Waals surface area contributed by atoms with Gasteiger partial charge in [-0.3, -0.25) is 0 Å². The van der Waals surface area contributed by atoms with Crippen LogP contribution in [-0.2, 0) is 0 Å². The van der Waals surface area contributed by atoms with Gasteiger partial charge in [0.05, 0.1) is 11.6 Å². The number of H-pyrrole nitrogens is 1. The first-order valence-corrected chi connectivity index (χ1v) is 6.46. The molecule has 2 aromatic rings. The van der Waals surface area contributed by atoms with Gasteiger partial charge in [-0.2, -0.15) is 0 Å². The number of imidazole rings is 1. The summed E-state index contributed by atoms with van der Waals surface area (Å²) in [6, 6.07) is 6.00. The molecule has 1 aliphatic carbocycles. The summed E-state index contributed by atoms with van der Waals surface area (Å²) in [5.41, 5.74) is 2.30. The zero-order valence-corrected chi connectivity index (χ0v) is 11.1. The third kappa shape index (κ3) is 2.09. The van der Waals surface area contributed by atoms with E-state index in [1.165, 1.54) is 18.5 Å². The predicted molar refractivity (Wildman–Crippen MR) is 70.3 cm³/mol. The maximum absolute atomic E-state index is 5.29. The van der Waals surface area contributed by atoms with Gasteiger partial charge in [-0.25, -0.2) is 4.98 Å². The fourth-order valence-electron chi connectivity index (χ4n) is 1.89. The average Bonchev–Trinajstić information content (AvgIpc) is 3.08. The van der Waals surface area contributed by atoms with Gasteiger partial charge in [0.1, 0.15) is 11.6 Å². The summed E-state index contributed by atoms with van der Waals surface area (Å²) in [7, 11) is 1.67. The Morgan fingerprint density at radius 3 is 2.94 bits per heavy atom. The summed E-state index contributed by atoms with van der Waals surface area (Å²) in [4.78, 5) is 7.81. The van der Waals surface area contributed by atoms with Crippen LogP contribution in [0.4, 0.5) is 0 Å². The number of hydrogen-bond acceptors (Lipinski definition) is 2. The summed E-state index contributed by atoms with van der Waals surface area (Å²) >= 11 is 3.45. The lowest BCUT2D eigenvalue weighted by Gasteiger charge is -2.04. The van der Waals surface area contributed by atoms with E-state index in [0.717, 1.165) is 21.6 Å². The van der Waals surface area contributed by atoms with Crippen LogP contribution in [0.25, 0.3) is 11.4 Å². The van der Waals surface area contributed by atoms with Crippen molar-refractivity contribution >= 4 is 15.9 Å². The first-order chi connectivity index (χ1) is 8.28. The summed E-state index contributed by atoms with van der Waals surface area (Å²) in [5.74, 6) is 2.44. The van der Waals surface area contributed by atoms with Gasteiger partial charge in [0.15, 0.2) is 0 Å². The van der Waals surface area contributed by atoms with Crippen molar-refractivity contribution in [1.29, 1.82) is 0 Å². The molecule has 1 aromatic carbocycles. The molecule has 0 saturated heterocycles. The summed E-state index contributed by atoms with van der Waals surface area (Å²) in [6.07, 6.45) is 4.51. The van der Waals surface area contributed by atoms with Gasteiger partial charge in [-0.05, 0) is 47.0 Å². The molecule has 1 N–H and O–H groups in total. The number of methoxy groups -OCH3 is 1. The van der Waals surface area contributed by atoms with Crippen LogP contribution in [0.1, 0.15) is 24.5 Å². The summed E-state index contributed by atoms with van der Waals surface area (Å²) < 4.78 is 6.24. The van der Waals surface area contributed by atoms with E-state index in [0.29, 0.717) is 5.92 Å². The Hall–Kier alpha value is -1.29. The molecule has 1 heterocycles. The van der Waals surface area contributed by atoms with Gasteiger partial charge in [-0.1, -0.05) is 0 Å². The van der Waals surface area contributed by atoms with Gasteiger partial charge in [0, 0.05) is 23.4 Å². The Morgan fingerprint density at radius 1 is 1.41 bits per heavy atom. The minimum absolute atomic E-state index is 0.702. The predicted octanol–water partition coefficient (Wildman–Crippen LogP) is 3.73. The van der Waals surface area contributed by atoms with Crippen molar-refractivity contribution in [2.75, 3.05) is 7.11 Å². The Labute approximate surface area is 108 Å². The summed E-state index contributed by atoms with van der Waals surface area (Å²) in [5, 5.41) is 0. The third-order valence-electron chi connectivity index (χ3n) is 3.04. The molecular formula is C13H13BrN2O. The fourth-order valence-corrected chi connectivity index (χ4v) is 2.30. The lowest BCUT2D eigenvalue weighted by Crippen LogP contribution is -1.87. The molecule has 4 heteroatoms. The largest absolute Gasteiger partial charge is 0.496 e. The topological polar surface area (TPSA) is 37.9 Å². The lowest BCUT2D eigenvalue weighted by molar-refractivity contribution is 0.412. The van der Waals surface area contributed by atoms with Crippen LogP contribution in [0.2, 0.25) is 0 Å². The number of ether oxygens (including phenoxy) is 1. The average molecular weight is 293 g/mol. The molecule has 0 radical (unpaired) electrons. The van der Waals surface area contributed by atoms with Crippen molar-refractivity contribution in [3.05, 3.63) is 34.6 Å². The van der Waals surface area contributed by atoms with E-state index in [9.17, 15) is 0 Å². The zero-order valence-electron chi connectivity index (χ0n) is 9.53. The van der Waals surface area contributed by atoms with E-state index in [4.69, 9.17) is 4.74 Å². The van der Waals surface area contributed by atoms with E-state index < -0.39 is 0 Å². The number of hydrogen-bond donors (Lipinski definition) is 1. The second-order valence-corrected chi connectivity index (χ2v) is 5.17. The van der Waals surface area contributed by atoms with Crippen molar-refractivity contribution in [3.63, 3.8) is 0 Å². The van der Waals surface area contributed by atoms with E-state index >= 15 is 0 Å². The minimum Gasteiger partial charge on any atom is -0.496 e. The van der Waals surface area contributed by atoms with Crippen molar-refractivity contribution in [2.45, 2.75) is 18.8 Å². The summed E-state index contributed by atoms with van der Waals surface area (Å²) in [6.45, 7) is 0. The Balaban J connectivity index is 1.96. The Kier molecular flexibility index (Phi) is 2.67. The smallest absolute Gasteiger partial charge is 0.137 e. The molecule has 0 unspecified atom stereocenters. The highest BCUT2D eigenvalue weighted by atomic mass is 79.9. The molecule has 88 valence electrons. The zero-order chi connectivity index (χ0) is 11.8. The van der Waals surface area contributed by atoms with Crippen molar-refractivity contribution < 1.29 is 4.74 Å². The maximum Gasteiger partial charge on any atom is 0.137 e. The highest BCUT2D eigenvalue weighted by Crippen LogP contribution is 2.39. The van der Waals surface area contributed by atoms with Gasteiger partial charge >= 0.3 is 0 Å². The second kappa shape index (κ2) is 4.18. The lowest BCUT2D eigenvalue weighted by atomic mass is 10.2. The number of aromatic amines is 1. The van der Waals surface area contributed by atoms with E-state index in [1.807, 2.05) is 24.4 Å². The molecule has 1 fully saturated rings. The standard InChI is InChI=1S/C13H13BrN2O/c1-17-12-6-9(4-5-10(12)14)13-15-7-11(16-13)8-2-3-8/h4-8H,2-3H2,1H3,(H,15,16). The number of rotatable bonds is 3. The Bertz CT molecular complexity index is 546. The molecule has 1 aromatic heterocycles. The molecule has 0 spiro atoms. The molecule has 3 nitrogen and oxygen atoms in total. The molecule has 0 amide bonds. The molecule has 3 rings (SSSR count). The van der Waals surface area contributed by atoms with Gasteiger partial charge < -0.3 is 9.72 Å². The SMILES string of the molecule is COc1cc(-c2ncc(C3CC3)[nH]2)ccc1Br. The number of nitrogens with one attached hydrogen (secondary N) is 1. The van der Waals surface area contributed by atoms with E-state index in [2.05, 4.69) is 25.9 Å². The van der Waals surface area contributed by atoms with Gasteiger partial charge in [0.2, 0.25) is 0 Å². The van der Waals surface area contributed by atoms with Crippen LogP contribution in [0, 0.1) is 0 Å². The molecule has 1 aliphatic rings. The quantitative estimate of drug-likeness (QED) is 0.936.